The van der Waals surface area contributed by atoms with Gasteiger partial charge in [0.05, 0.1) is 13.2 Å². The van der Waals surface area contributed by atoms with Gasteiger partial charge in [0.1, 0.15) is 12.9 Å². The van der Waals surface area contributed by atoms with E-state index in [1.807, 2.05) is 13.8 Å². The van der Waals surface area contributed by atoms with Crippen LogP contribution in [0.3, 0.4) is 0 Å². The summed E-state index contributed by atoms with van der Waals surface area (Å²) in [5.41, 5.74) is 6.09. The van der Waals surface area contributed by atoms with Crippen LogP contribution in [0.25, 0.3) is 0 Å². The van der Waals surface area contributed by atoms with Gasteiger partial charge in [-0.05, 0) is 13.8 Å². The lowest BCUT2D eigenvalue weighted by atomic mass is 10.5. The third-order valence-electron chi connectivity index (χ3n) is 1.76. The summed E-state index contributed by atoms with van der Waals surface area (Å²) in [5, 5.41) is 0. The second kappa shape index (κ2) is 6.84. The third kappa shape index (κ3) is 3.54. The number of hydrogen-bond donors (Lipinski definition) is 1. The van der Waals surface area contributed by atoms with Crippen molar-refractivity contribution in [1.82, 2.24) is 9.97 Å². The summed E-state index contributed by atoms with van der Waals surface area (Å²) in [5.74, 6) is 0.682. The molecule has 0 bridgehead atoms. The number of ether oxygens (including phenoxy) is 3. The predicted octanol–water partition coefficient (Wildman–Crippen LogP) is 0.873. The van der Waals surface area contributed by atoms with Crippen molar-refractivity contribution >= 4 is 5.69 Å². The predicted molar refractivity (Wildman–Crippen MR) is 59.6 cm³/mol. The smallest absolute Gasteiger partial charge is 0.244 e. The van der Waals surface area contributed by atoms with Crippen molar-refractivity contribution in [2.75, 3.05) is 32.2 Å². The van der Waals surface area contributed by atoms with E-state index >= 15 is 0 Å². The number of nitrogens with two attached hydrogens (primary N) is 1. The molecule has 2 N–H and O–H groups in total. The highest BCUT2D eigenvalue weighted by Crippen LogP contribution is 2.26. The number of hydrogen-bond acceptors (Lipinski definition) is 6. The molecule has 6 heteroatoms. The molecule has 0 atom stereocenters. The van der Waals surface area contributed by atoms with Gasteiger partial charge in [0.15, 0.2) is 5.69 Å². The summed E-state index contributed by atoms with van der Waals surface area (Å²) in [7, 11) is 0. The summed E-state index contributed by atoms with van der Waals surface area (Å²) < 4.78 is 15.7. The number of nitrogens with zero attached hydrogens (tertiary/aromatic N) is 2. The largest absolute Gasteiger partial charge is 0.476 e. The standard InChI is InChI=1S/C10H17N3O3/c1-3-14-5-6-16-10-8(11)9(15-4-2)12-7-13-10/h7H,3-6,11H2,1-2H3. The Labute approximate surface area is 94.7 Å². The molecule has 1 heterocycles. The molecule has 1 aromatic heterocycles. The van der Waals surface area contributed by atoms with Crippen LogP contribution in [-0.4, -0.2) is 36.4 Å². The fourth-order valence-corrected chi connectivity index (χ4v) is 1.07. The first-order valence-electron chi connectivity index (χ1n) is 5.23. The SMILES string of the molecule is CCOCCOc1ncnc(OCC)c1N. The molecular weight excluding hydrogens is 210 g/mol. The van der Waals surface area contributed by atoms with Crippen LogP contribution in [-0.2, 0) is 4.74 Å². The van der Waals surface area contributed by atoms with Gasteiger partial charge < -0.3 is 19.9 Å². The highest BCUT2D eigenvalue weighted by molar-refractivity contribution is 5.55. The maximum atomic E-state index is 5.77. The molecule has 0 aromatic carbocycles. The van der Waals surface area contributed by atoms with E-state index in [-0.39, 0.29) is 0 Å². The highest BCUT2D eigenvalue weighted by Gasteiger charge is 2.09. The Morgan fingerprint density at radius 1 is 1.06 bits per heavy atom. The zero-order chi connectivity index (χ0) is 11.8. The first-order valence-corrected chi connectivity index (χ1v) is 5.23. The first kappa shape index (κ1) is 12.5. The number of rotatable bonds is 7. The van der Waals surface area contributed by atoms with E-state index in [9.17, 15) is 0 Å². The summed E-state index contributed by atoms with van der Waals surface area (Å²) >= 11 is 0. The Morgan fingerprint density at radius 2 is 1.75 bits per heavy atom. The van der Waals surface area contributed by atoms with Gasteiger partial charge >= 0.3 is 0 Å². The lowest BCUT2D eigenvalue weighted by Crippen LogP contribution is -2.10. The normalized spacial score (nSPS) is 10.1. The molecule has 16 heavy (non-hydrogen) atoms. The van der Waals surface area contributed by atoms with Crippen molar-refractivity contribution in [2.45, 2.75) is 13.8 Å². The van der Waals surface area contributed by atoms with E-state index in [0.29, 0.717) is 43.9 Å². The van der Waals surface area contributed by atoms with Crippen LogP contribution in [0.5, 0.6) is 11.8 Å². The van der Waals surface area contributed by atoms with Gasteiger partial charge in [0.2, 0.25) is 11.8 Å². The maximum absolute atomic E-state index is 5.77. The number of aromatic nitrogens is 2. The fourth-order valence-electron chi connectivity index (χ4n) is 1.07. The van der Waals surface area contributed by atoms with Gasteiger partial charge in [-0.15, -0.1) is 0 Å². The second-order valence-electron chi connectivity index (χ2n) is 2.88. The van der Waals surface area contributed by atoms with Crippen LogP contribution in [0.4, 0.5) is 5.69 Å². The lowest BCUT2D eigenvalue weighted by Gasteiger charge is -2.10. The molecule has 0 saturated carbocycles. The molecule has 0 aliphatic heterocycles. The van der Waals surface area contributed by atoms with E-state index in [0.717, 1.165) is 0 Å². The molecule has 90 valence electrons. The zero-order valence-corrected chi connectivity index (χ0v) is 9.60. The summed E-state index contributed by atoms with van der Waals surface area (Å²) in [4.78, 5) is 7.83. The van der Waals surface area contributed by atoms with Crippen molar-refractivity contribution in [3.8, 4) is 11.8 Å². The number of nitrogen functional groups attached to an aromatic ring is 1. The van der Waals surface area contributed by atoms with Gasteiger partial charge in [0.25, 0.3) is 0 Å². The molecule has 0 fully saturated rings. The summed E-state index contributed by atoms with van der Waals surface area (Å²) in [6.07, 6.45) is 1.36. The summed E-state index contributed by atoms with van der Waals surface area (Å²) in [6, 6.07) is 0. The van der Waals surface area contributed by atoms with E-state index in [4.69, 9.17) is 19.9 Å². The summed E-state index contributed by atoms with van der Waals surface area (Å²) in [6.45, 7) is 5.85. The molecule has 0 amide bonds. The quantitative estimate of drug-likeness (QED) is 0.696. The maximum Gasteiger partial charge on any atom is 0.244 e. The van der Waals surface area contributed by atoms with Crippen molar-refractivity contribution in [1.29, 1.82) is 0 Å². The first-order chi connectivity index (χ1) is 7.79. The van der Waals surface area contributed by atoms with Gasteiger partial charge in [-0.25, -0.2) is 0 Å². The Hall–Kier alpha value is -1.56. The van der Waals surface area contributed by atoms with Crippen LogP contribution in [0.15, 0.2) is 6.33 Å². The molecule has 0 aliphatic carbocycles. The minimum absolute atomic E-state index is 0.320. The molecule has 0 radical (unpaired) electrons. The topological polar surface area (TPSA) is 79.5 Å². The molecule has 6 nitrogen and oxygen atoms in total. The molecule has 0 spiro atoms. The monoisotopic (exact) mass is 227 g/mol. The average Bonchev–Trinajstić information content (AvgIpc) is 2.29. The van der Waals surface area contributed by atoms with Gasteiger partial charge in [-0.2, -0.15) is 9.97 Å². The van der Waals surface area contributed by atoms with E-state index in [1.165, 1.54) is 6.33 Å². The Morgan fingerprint density at radius 3 is 2.38 bits per heavy atom. The van der Waals surface area contributed by atoms with E-state index in [1.54, 1.807) is 0 Å². The molecule has 0 aliphatic rings. The van der Waals surface area contributed by atoms with Gasteiger partial charge in [-0.1, -0.05) is 0 Å². The Kier molecular flexibility index (Phi) is 5.35. The van der Waals surface area contributed by atoms with Gasteiger partial charge in [0, 0.05) is 6.61 Å². The van der Waals surface area contributed by atoms with E-state index in [2.05, 4.69) is 9.97 Å². The molecule has 1 aromatic rings. The van der Waals surface area contributed by atoms with Crippen LogP contribution < -0.4 is 15.2 Å². The minimum atomic E-state index is 0.320. The van der Waals surface area contributed by atoms with Gasteiger partial charge in [-0.3, -0.25) is 0 Å². The minimum Gasteiger partial charge on any atom is -0.476 e. The van der Waals surface area contributed by atoms with Crippen LogP contribution in [0.2, 0.25) is 0 Å². The lowest BCUT2D eigenvalue weighted by molar-refractivity contribution is 0.108. The fraction of sp³-hybridized carbons (Fsp3) is 0.600. The second-order valence-corrected chi connectivity index (χ2v) is 2.88. The van der Waals surface area contributed by atoms with Crippen LogP contribution in [0, 0.1) is 0 Å². The third-order valence-corrected chi connectivity index (χ3v) is 1.76. The van der Waals surface area contributed by atoms with Crippen LogP contribution in [0.1, 0.15) is 13.8 Å². The molecule has 0 unspecified atom stereocenters. The molecular formula is C10H17N3O3. The van der Waals surface area contributed by atoms with Crippen LogP contribution >= 0.6 is 0 Å². The Bertz CT molecular complexity index is 320. The van der Waals surface area contributed by atoms with Crippen molar-refractivity contribution in [3.63, 3.8) is 0 Å². The van der Waals surface area contributed by atoms with Crippen molar-refractivity contribution < 1.29 is 14.2 Å². The zero-order valence-electron chi connectivity index (χ0n) is 9.60. The average molecular weight is 227 g/mol. The highest BCUT2D eigenvalue weighted by atomic mass is 16.5. The molecule has 1 rings (SSSR count). The van der Waals surface area contributed by atoms with Crippen molar-refractivity contribution in [3.05, 3.63) is 6.33 Å². The molecule has 0 saturated heterocycles. The van der Waals surface area contributed by atoms with E-state index < -0.39 is 0 Å². The van der Waals surface area contributed by atoms with Crippen molar-refractivity contribution in [2.24, 2.45) is 0 Å². The number of anilines is 1. The Balaban J connectivity index is 2.55.